The Bertz CT molecular complexity index is 1030. The molecule has 0 aliphatic carbocycles. The number of anilines is 1. The molecule has 2 aromatic carbocycles. The summed E-state index contributed by atoms with van der Waals surface area (Å²) in [5.74, 6) is 0.341. The number of nitrogens with zero attached hydrogens (tertiary/aromatic N) is 3. The highest BCUT2D eigenvalue weighted by Gasteiger charge is 2.19. The van der Waals surface area contributed by atoms with Gasteiger partial charge in [-0.2, -0.15) is 0 Å². The Kier molecular flexibility index (Phi) is 7.15. The highest BCUT2D eigenvalue weighted by atomic mass is 79.9. The maximum atomic E-state index is 13.8. The molecule has 0 saturated carbocycles. The van der Waals surface area contributed by atoms with Crippen LogP contribution in [0, 0.1) is 5.82 Å². The van der Waals surface area contributed by atoms with Gasteiger partial charge in [0, 0.05) is 11.5 Å². The number of benzene rings is 2. The molecule has 6 nitrogen and oxygen atoms in total. The van der Waals surface area contributed by atoms with Crippen LogP contribution in [-0.4, -0.2) is 26.4 Å². The molecule has 1 aromatic heterocycles. The van der Waals surface area contributed by atoms with Crippen molar-refractivity contribution in [2.24, 2.45) is 7.05 Å². The number of hydrogen-bond acceptors (Lipinski definition) is 5. The number of carbonyl (C=O) groups excluding carboxylic acids is 1. The van der Waals surface area contributed by atoms with E-state index in [1.165, 1.54) is 23.9 Å². The second-order valence-electron chi connectivity index (χ2n) is 6.05. The molecular formula is C19H17BrClFN4O2S. The molecule has 0 radical (unpaired) electrons. The second-order valence-corrected chi connectivity index (χ2v) is 8.32. The van der Waals surface area contributed by atoms with Gasteiger partial charge in [-0.25, -0.2) is 4.39 Å². The maximum absolute atomic E-state index is 13.8. The first kappa shape index (κ1) is 21.6. The second kappa shape index (κ2) is 9.60. The Morgan fingerprint density at radius 3 is 2.83 bits per heavy atom. The first-order chi connectivity index (χ1) is 13.8. The third-order valence-corrected chi connectivity index (χ3v) is 5.74. The molecule has 0 aliphatic heterocycles. The van der Waals surface area contributed by atoms with E-state index in [9.17, 15) is 9.18 Å². The third kappa shape index (κ3) is 5.49. The van der Waals surface area contributed by atoms with E-state index in [1.54, 1.807) is 29.8 Å². The molecule has 3 rings (SSSR count). The summed E-state index contributed by atoms with van der Waals surface area (Å²) in [4.78, 5) is 12.1. The first-order valence-corrected chi connectivity index (χ1v) is 10.7. The van der Waals surface area contributed by atoms with Gasteiger partial charge in [0.2, 0.25) is 5.91 Å². The topological polar surface area (TPSA) is 69.0 Å². The molecular weight excluding hydrogens is 483 g/mol. The minimum absolute atomic E-state index is 0.0568. The molecule has 29 heavy (non-hydrogen) atoms. The summed E-state index contributed by atoms with van der Waals surface area (Å²) < 4.78 is 22.0. The van der Waals surface area contributed by atoms with Crippen molar-refractivity contribution < 1.29 is 13.9 Å². The molecule has 1 heterocycles. The molecule has 0 saturated heterocycles. The van der Waals surface area contributed by atoms with Crippen molar-refractivity contribution in [3.63, 3.8) is 0 Å². The lowest BCUT2D eigenvalue weighted by Gasteiger charge is -2.15. The monoisotopic (exact) mass is 498 g/mol. The highest BCUT2D eigenvalue weighted by molar-refractivity contribution is 9.10. The van der Waals surface area contributed by atoms with E-state index in [4.69, 9.17) is 16.3 Å². The van der Waals surface area contributed by atoms with Crippen LogP contribution in [-0.2, 0) is 11.8 Å². The van der Waals surface area contributed by atoms with Gasteiger partial charge in [-0.05, 0) is 37.3 Å². The summed E-state index contributed by atoms with van der Waals surface area (Å²) in [6.07, 6.45) is -0.396. The van der Waals surface area contributed by atoms with Crippen LogP contribution in [0.1, 0.15) is 18.9 Å². The number of rotatable bonds is 7. The summed E-state index contributed by atoms with van der Waals surface area (Å²) in [7, 11) is 1.79. The maximum Gasteiger partial charge on any atom is 0.234 e. The zero-order valence-electron chi connectivity index (χ0n) is 15.5. The smallest absolute Gasteiger partial charge is 0.234 e. The lowest BCUT2D eigenvalue weighted by Crippen LogP contribution is -2.15. The van der Waals surface area contributed by atoms with Crippen molar-refractivity contribution >= 4 is 50.9 Å². The fourth-order valence-electron chi connectivity index (χ4n) is 2.50. The summed E-state index contributed by atoms with van der Waals surface area (Å²) >= 11 is 10.5. The van der Waals surface area contributed by atoms with Crippen LogP contribution in [0.15, 0.2) is 52.1 Å². The van der Waals surface area contributed by atoms with Gasteiger partial charge in [0.1, 0.15) is 11.6 Å². The largest absolute Gasteiger partial charge is 0.481 e. The van der Waals surface area contributed by atoms with Gasteiger partial charge in [0.25, 0.3) is 0 Å². The van der Waals surface area contributed by atoms with E-state index < -0.39 is 11.9 Å². The fourth-order valence-corrected chi connectivity index (χ4v) is 3.73. The number of nitrogens with one attached hydrogen (secondary N) is 1. The van der Waals surface area contributed by atoms with E-state index in [0.29, 0.717) is 26.2 Å². The first-order valence-electron chi connectivity index (χ1n) is 8.53. The summed E-state index contributed by atoms with van der Waals surface area (Å²) in [5, 5.41) is 11.9. The van der Waals surface area contributed by atoms with E-state index in [-0.39, 0.29) is 17.3 Å². The normalized spacial score (nSPS) is 11.9. The van der Waals surface area contributed by atoms with Crippen LogP contribution in [0.5, 0.6) is 5.75 Å². The standard InChI is InChI=1S/C19H17BrClFN4O2S/c1-11(28-16-6-4-3-5-13(16)21)18-24-25-19(26(18)2)29-10-17(27)23-15-8-7-12(20)9-14(15)22/h3-9,11H,10H2,1-2H3,(H,23,27). The lowest BCUT2D eigenvalue weighted by molar-refractivity contribution is -0.113. The molecule has 0 bridgehead atoms. The van der Waals surface area contributed by atoms with Gasteiger partial charge in [-0.3, -0.25) is 4.79 Å². The van der Waals surface area contributed by atoms with Gasteiger partial charge in [0.05, 0.1) is 16.5 Å². The molecule has 0 fully saturated rings. The van der Waals surface area contributed by atoms with E-state index >= 15 is 0 Å². The van der Waals surface area contributed by atoms with E-state index in [0.717, 1.165) is 0 Å². The minimum Gasteiger partial charge on any atom is -0.481 e. The molecule has 10 heteroatoms. The Balaban J connectivity index is 1.60. The quantitative estimate of drug-likeness (QED) is 0.450. The number of halogens is 3. The van der Waals surface area contributed by atoms with Crippen LogP contribution in [0.3, 0.4) is 0 Å². The van der Waals surface area contributed by atoms with Crippen LogP contribution in [0.2, 0.25) is 5.02 Å². The molecule has 1 unspecified atom stereocenters. The van der Waals surface area contributed by atoms with Gasteiger partial charge < -0.3 is 14.6 Å². The Morgan fingerprint density at radius 1 is 1.34 bits per heavy atom. The number of amides is 1. The van der Waals surface area contributed by atoms with Crippen molar-refractivity contribution in [3.8, 4) is 5.75 Å². The predicted molar refractivity (Wildman–Crippen MR) is 115 cm³/mol. The molecule has 152 valence electrons. The molecule has 1 amide bonds. The molecule has 1 atom stereocenters. The van der Waals surface area contributed by atoms with Crippen molar-refractivity contribution in [1.29, 1.82) is 0 Å². The Morgan fingerprint density at radius 2 is 2.10 bits per heavy atom. The number of aromatic nitrogens is 3. The van der Waals surface area contributed by atoms with E-state index in [1.807, 2.05) is 19.1 Å². The van der Waals surface area contributed by atoms with E-state index in [2.05, 4.69) is 31.4 Å². The molecule has 0 spiro atoms. The van der Waals surface area contributed by atoms with Gasteiger partial charge >= 0.3 is 0 Å². The average Bonchev–Trinajstić information content (AvgIpc) is 3.05. The average molecular weight is 500 g/mol. The number of thioether (sulfide) groups is 1. The molecule has 1 N–H and O–H groups in total. The van der Waals surface area contributed by atoms with Crippen molar-refractivity contribution in [3.05, 3.63) is 63.6 Å². The summed E-state index contributed by atoms with van der Waals surface area (Å²) in [6.45, 7) is 1.84. The predicted octanol–water partition coefficient (Wildman–Crippen LogP) is 5.24. The molecule has 3 aromatic rings. The number of para-hydroxylation sites is 1. The zero-order chi connectivity index (χ0) is 21.0. The summed E-state index contributed by atoms with van der Waals surface area (Å²) in [5.41, 5.74) is 0.124. The van der Waals surface area contributed by atoms with Gasteiger partial charge in [0.15, 0.2) is 17.1 Å². The minimum atomic E-state index is -0.510. The molecule has 0 aliphatic rings. The number of hydrogen-bond donors (Lipinski definition) is 1. The lowest BCUT2D eigenvalue weighted by atomic mass is 10.3. The number of ether oxygens (including phenoxy) is 1. The van der Waals surface area contributed by atoms with Gasteiger partial charge in [-0.1, -0.05) is 51.4 Å². The highest BCUT2D eigenvalue weighted by Crippen LogP contribution is 2.29. The fraction of sp³-hybridized carbons (Fsp3) is 0.211. The Labute approximate surface area is 184 Å². The van der Waals surface area contributed by atoms with Gasteiger partial charge in [-0.15, -0.1) is 10.2 Å². The van der Waals surface area contributed by atoms with Crippen LogP contribution in [0.25, 0.3) is 0 Å². The van der Waals surface area contributed by atoms with Crippen LogP contribution < -0.4 is 10.1 Å². The van der Waals surface area contributed by atoms with Crippen molar-refractivity contribution in [1.82, 2.24) is 14.8 Å². The van der Waals surface area contributed by atoms with Crippen LogP contribution >= 0.6 is 39.3 Å². The SMILES string of the molecule is CC(Oc1ccccc1Cl)c1nnc(SCC(=O)Nc2ccc(Br)cc2F)n1C. The van der Waals surface area contributed by atoms with Crippen molar-refractivity contribution in [2.45, 2.75) is 18.2 Å². The zero-order valence-corrected chi connectivity index (χ0v) is 18.7. The summed E-state index contributed by atoms with van der Waals surface area (Å²) in [6, 6.07) is 11.6. The third-order valence-electron chi connectivity index (χ3n) is 3.91. The van der Waals surface area contributed by atoms with Crippen molar-refractivity contribution in [2.75, 3.05) is 11.1 Å². The van der Waals surface area contributed by atoms with Crippen LogP contribution in [0.4, 0.5) is 10.1 Å². The Hall–Kier alpha value is -2.10. The number of carbonyl (C=O) groups is 1.